The predicted octanol–water partition coefficient (Wildman–Crippen LogP) is 3.51. The van der Waals surface area contributed by atoms with E-state index in [1.54, 1.807) is 0 Å². The highest BCUT2D eigenvalue weighted by molar-refractivity contribution is 9.10. The largest absolute Gasteiger partial charge is 0.398 e. The molecule has 2 unspecified atom stereocenters. The highest BCUT2D eigenvalue weighted by atomic mass is 79.9. The molecule has 2 N–H and O–H groups in total. The van der Waals surface area contributed by atoms with Gasteiger partial charge in [0, 0.05) is 23.2 Å². The molecule has 2 atom stereocenters. The van der Waals surface area contributed by atoms with E-state index in [4.69, 9.17) is 5.73 Å². The summed E-state index contributed by atoms with van der Waals surface area (Å²) < 4.78 is 1.06. The number of likely N-dealkylation sites (tertiary alicyclic amines) is 1. The second-order valence-electron chi connectivity index (χ2n) is 5.30. The first-order chi connectivity index (χ1) is 8.08. The molecular weight excluding hydrogens is 276 g/mol. The zero-order chi connectivity index (χ0) is 12.4. The van der Waals surface area contributed by atoms with Gasteiger partial charge in [0.2, 0.25) is 0 Å². The van der Waals surface area contributed by atoms with Gasteiger partial charge in [0.05, 0.1) is 0 Å². The first-order valence-corrected chi connectivity index (χ1v) is 7.12. The number of rotatable bonds is 2. The number of nitrogens with zero attached hydrogens (tertiary/aromatic N) is 1. The van der Waals surface area contributed by atoms with Crippen molar-refractivity contribution in [3.8, 4) is 0 Å². The van der Waals surface area contributed by atoms with Crippen LogP contribution in [0.4, 0.5) is 5.69 Å². The smallest absolute Gasteiger partial charge is 0.0461 e. The predicted molar refractivity (Wildman–Crippen MR) is 76.8 cm³/mol. The van der Waals surface area contributed by atoms with Crippen molar-refractivity contribution in [3.63, 3.8) is 0 Å². The molecular formula is C14H21BrN2. The van der Waals surface area contributed by atoms with Crippen LogP contribution in [0.2, 0.25) is 0 Å². The highest BCUT2D eigenvalue weighted by Gasteiger charge is 2.22. The van der Waals surface area contributed by atoms with Crippen LogP contribution in [0.25, 0.3) is 0 Å². The monoisotopic (exact) mass is 296 g/mol. The Bertz CT molecular complexity index is 392. The standard InChI is InChI=1S/C14H21BrN2/c1-10-6-7-17(8-11(10)2)9-12-4-3-5-13(16)14(12)15/h3-5,10-11H,6-9,16H2,1-2H3. The van der Waals surface area contributed by atoms with Crippen molar-refractivity contribution in [1.82, 2.24) is 4.90 Å². The number of nitrogen functional groups attached to an aromatic ring is 1. The van der Waals surface area contributed by atoms with Gasteiger partial charge in [-0.25, -0.2) is 0 Å². The lowest BCUT2D eigenvalue weighted by atomic mass is 9.88. The van der Waals surface area contributed by atoms with E-state index < -0.39 is 0 Å². The molecule has 1 aromatic rings. The molecule has 0 aliphatic carbocycles. The lowest BCUT2D eigenvalue weighted by Crippen LogP contribution is -2.37. The summed E-state index contributed by atoms with van der Waals surface area (Å²) in [4.78, 5) is 2.53. The Morgan fingerprint density at radius 1 is 1.35 bits per heavy atom. The first kappa shape index (κ1) is 12.9. The molecule has 2 rings (SSSR count). The fourth-order valence-electron chi connectivity index (χ4n) is 2.46. The van der Waals surface area contributed by atoms with E-state index in [2.05, 4.69) is 40.7 Å². The summed E-state index contributed by atoms with van der Waals surface area (Å²) in [6.07, 6.45) is 1.31. The maximum absolute atomic E-state index is 5.91. The van der Waals surface area contributed by atoms with E-state index in [1.807, 2.05) is 12.1 Å². The summed E-state index contributed by atoms with van der Waals surface area (Å²) in [6.45, 7) is 8.11. The van der Waals surface area contributed by atoms with Gasteiger partial charge in [0.1, 0.15) is 0 Å². The van der Waals surface area contributed by atoms with Gasteiger partial charge in [0.15, 0.2) is 0 Å². The van der Waals surface area contributed by atoms with E-state index in [9.17, 15) is 0 Å². The van der Waals surface area contributed by atoms with Gasteiger partial charge in [-0.2, -0.15) is 0 Å². The topological polar surface area (TPSA) is 29.3 Å². The highest BCUT2D eigenvalue weighted by Crippen LogP contribution is 2.28. The molecule has 0 saturated carbocycles. The summed E-state index contributed by atoms with van der Waals surface area (Å²) >= 11 is 3.58. The van der Waals surface area contributed by atoms with Crippen molar-refractivity contribution in [3.05, 3.63) is 28.2 Å². The summed E-state index contributed by atoms with van der Waals surface area (Å²) in [5.74, 6) is 1.65. The van der Waals surface area contributed by atoms with Gasteiger partial charge in [-0.3, -0.25) is 4.90 Å². The average molecular weight is 297 g/mol. The fourth-order valence-corrected chi connectivity index (χ4v) is 2.85. The molecule has 3 heteroatoms. The van der Waals surface area contributed by atoms with Gasteiger partial charge in [0.25, 0.3) is 0 Å². The molecule has 0 spiro atoms. The van der Waals surface area contributed by atoms with Crippen LogP contribution in [-0.4, -0.2) is 18.0 Å². The third-order valence-electron chi connectivity index (χ3n) is 3.92. The summed E-state index contributed by atoms with van der Waals surface area (Å²) in [6, 6.07) is 6.13. The molecule has 1 aliphatic heterocycles. The summed E-state index contributed by atoms with van der Waals surface area (Å²) in [5, 5.41) is 0. The number of halogens is 1. The van der Waals surface area contributed by atoms with Crippen molar-refractivity contribution in [1.29, 1.82) is 0 Å². The van der Waals surface area contributed by atoms with E-state index in [0.717, 1.165) is 28.5 Å². The van der Waals surface area contributed by atoms with Gasteiger partial charge in [-0.15, -0.1) is 0 Å². The molecule has 1 saturated heterocycles. The molecule has 0 aromatic heterocycles. The molecule has 17 heavy (non-hydrogen) atoms. The van der Waals surface area contributed by atoms with Crippen LogP contribution in [0.5, 0.6) is 0 Å². The van der Waals surface area contributed by atoms with Gasteiger partial charge >= 0.3 is 0 Å². The summed E-state index contributed by atoms with van der Waals surface area (Å²) in [7, 11) is 0. The number of anilines is 1. The molecule has 1 aliphatic rings. The summed E-state index contributed by atoms with van der Waals surface area (Å²) in [5.41, 5.74) is 8.04. The third kappa shape index (κ3) is 3.02. The minimum Gasteiger partial charge on any atom is -0.398 e. The average Bonchev–Trinajstić information content (AvgIpc) is 2.30. The van der Waals surface area contributed by atoms with Crippen LogP contribution in [0.1, 0.15) is 25.8 Å². The lowest BCUT2D eigenvalue weighted by Gasteiger charge is -2.35. The Balaban J connectivity index is 2.04. The fraction of sp³-hybridized carbons (Fsp3) is 0.571. The number of hydrogen-bond acceptors (Lipinski definition) is 2. The van der Waals surface area contributed by atoms with Crippen molar-refractivity contribution in [2.24, 2.45) is 11.8 Å². The Morgan fingerprint density at radius 2 is 2.12 bits per heavy atom. The van der Waals surface area contributed by atoms with Gasteiger partial charge in [-0.1, -0.05) is 26.0 Å². The molecule has 0 radical (unpaired) electrons. The van der Waals surface area contributed by atoms with Crippen molar-refractivity contribution in [2.75, 3.05) is 18.8 Å². The van der Waals surface area contributed by atoms with Crippen molar-refractivity contribution < 1.29 is 0 Å². The molecule has 1 heterocycles. The van der Waals surface area contributed by atoms with E-state index >= 15 is 0 Å². The van der Waals surface area contributed by atoms with Crippen molar-refractivity contribution >= 4 is 21.6 Å². The Morgan fingerprint density at radius 3 is 2.82 bits per heavy atom. The second kappa shape index (κ2) is 5.40. The molecule has 0 amide bonds. The van der Waals surface area contributed by atoms with Crippen LogP contribution in [0.15, 0.2) is 22.7 Å². The minimum absolute atomic E-state index is 0.795. The quantitative estimate of drug-likeness (QED) is 0.846. The minimum atomic E-state index is 0.795. The second-order valence-corrected chi connectivity index (χ2v) is 6.09. The van der Waals surface area contributed by atoms with Crippen molar-refractivity contribution in [2.45, 2.75) is 26.8 Å². The van der Waals surface area contributed by atoms with Crippen LogP contribution < -0.4 is 5.73 Å². The van der Waals surface area contributed by atoms with E-state index in [1.165, 1.54) is 25.1 Å². The molecule has 1 fully saturated rings. The van der Waals surface area contributed by atoms with Gasteiger partial charge in [-0.05, 0) is 52.4 Å². The Labute approximate surface area is 112 Å². The molecule has 0 bridgehead atoms. The Hall–Kier alpha value is -0.540. The van der Waals surface area contributed by atoms with Crippen LogP contribution in [0, 0.1) is 11.8 Å². The van der Waals surface area contributed by atoms with E-state index in [-0.39, 0.29) is 0 Å². The lowest BCUT2D eigenvalue weighted by molar-refractivity contribution is 0.132. The maximum atomic E-state index is 5.91. The SMILES string of the molecule is CC1CCN(Cc2cccc(N)c2Br)CC1C. The van der Waals surface area contributed by atoms with E-state index in [0.29, 0.717) is 0 Å². The molecule has 1 aromatic carbocycles. The maximum Gasteiger partial charge on any atom is 0.0461 e. The van der Waals surface area contributed by atoms with Crippen LogP contribution in [-0.2, 0) is 6.54 Å². The normalized spacial score (nSPS) is 26.1. The third-order valence-corrected chi connectivity index (χ3v) is 4.89. The zero-order valence-electron chi connectivity index (χ0n) is 10.6. The molecule has 2 nitrogen and oxygen atoms in total. The van der Waals surface area contributed by atoms with Gasteiger partial charge < -0.3 is 5.73 Å². The number of hydrogen-bond donors (Lipinski definition) is 1. The number of benzene rings is 1. The van der Waals surface area contributed by atoms with Crippen LogP contribution in [0.3, 0.4) is 0 Å². The number of piperidine rings is 1. The first-order valence-electron chi connectivity index (χ1n) is 6.33. The zero-order valence-corrected chi connectivity index (χ0v) is 12.2. The number of nitrogens with two attached hydrogens (primary N) is 1. The molecule has 94 valence electrons. The van der Waals surface area contributed by atoms with Crippen LogP contribution >= 0.6 is 15.9 Å². The Kier molecular flexibility index (Phi) is 4.10.